The first-order valence-corrected chi connectivity index (χ1v) is 16.7. The number of anilines is 1. The van der Waals surface area contributed by atoms with Gasteiger partial charge in [0.25, 0.3) is 0 Å². The van der Waals surface area contributed by atoms with E-state index in [0.29, 0.717) is 23.6 Å². The molecule has 2 aromatic carbocycles. The summed E-state index contributed by atoms with van der Waals surface area (Å²) < 4.78 is 11.5. The second kappa shape index (κ2) is 14.6. The molecule has 224 valence electrons. The first-order valence-electron chi connectivity index (χ1n) is 13.9. The van der Waals surface area contributed by atoms with Crippen molar-refractivity contribution in [1.82, 2.24) is 4.98 Å². The highest BCUT2D eigenvalue weighted by molar-refractivity contribution is 8.33. The summed E-state index contributed by atoms with van der Waals surface area (Å²) in [6.45, 7) is 14.0. The van der Waals surface area contributed by atoms with Crippen LogP contribution in [-0.4, -0.2) is 53.9 Å². The van der Waals surface area contributed by atoms with E-state index < -0.39 is 5.41 Å². The third-order valence-corrected chi connectivity index (χ3v) is 11.0. The number of pyridine rings is 1. The van der Waals surface area contributed by atoms with Gasteiger partial charge in [-0.3, -0.25) is 0 Å². The molecular formula is C34H49N3O3S. The summed E-state index contributed by atoms with van der Waals surface area (Å²) in [6, 6.07) is 20.7. The number of rotatable bonds is 10. The van der Waals surface area contributed by atoms with Gasteiger partial charge in [0.15, 0.2) is 0 Å². The van der Waals surface area contributed by atoms with Crippen molar-refractivity contribution >= 4 is 15.8 Å². The second-order valence-electron chi connectivity index (χ2n) is 12.5. The average molecular weight is 580 g/mol. The Kier molecular flexibility index (Phi) is 12.1. The zero-order valence-electron chi connectivity index (χ0n) is 26.6. The highest BCUT2D eigenvalue weighted by Gasteiger charge is 2.26. The van der Waals surface area contributed by atoms with Crippen molar-refractivity contribution in [1.29, 1.82) is 5.26 Å². The Morgan fingerprint density at radius 2 is 1.44 bits per heavy atom. The highest BCUT2D eigenvalue weighted by Crippen LogP contribution is 2.48. The number of aliphatic hydroxyl groups excluding tert-OH is 1. The fourth-order valence-corrected chi connectivity index (χ4v) is 3.51. The Morgan fingerprint density at radius 1 is 0.927 bits per heavy atom. The largest absolute Gasteiger partial charge is 0.497 e. The molecule has 0 spiro atoms. The molecule has 0 aliphatic carbocycles. The Hall–Kier alpha value is -3.21. The molecule has 0 saturated carbocycles. The summed E-state index contributed by atoms with van der Waals surface area (Å²) in [5.41, 5.74) is 3.45. The standard InChI is InChI=1S/C27H31N3O3.C7H18S/c1-20-5-7-21(8-6-20)17-30(18-22-9-11-23(32-4)12-10-22)26-15-24(27(2,3)19-28)25(16-29-26)33-14-13-31;1-7(2,3)8(4,5)6/h5-12,15-16,31H,13-14,17-18H2,1-4H3;1-6H3. The number of benzene rings is 2. The summed E-state index contributed by atoms with van der Waals surface area (Å²) in [6.07, 6.45) is 8.71. The van der Waals surface area contributed by atoms with E-state index in [1.165, 1.54) is 5.56 Å². The summed E-state index contributed by atoms with van der Waals surface area (Å²) in [7, 11) is 1.31. The van der Waals surface area contributed by atoms with E-state index in [9.17, 15) is 10.4 Å². The van der Waals surface area contributed by atoms with Gasteiger partial charge in [-0.1, -0.05) is 62.7 Å². The van der Waals surface area contributed by atoms with E-state index in [1.807, 2.05) is 44.2 Å². The molecule has 0 aliphatic heterocycles. The van der Waals surface area contributed by atoms with Crippen LogP contribution in [0.5, 0.6) is 11.5 Å². The maximum absolute atomic E-state index is 9.77. The van der Waals surface area contributed by atoms with E-state index >= 15 is 0 Å². The molecule has 1 aromatic heterocycles. The molecule has 0 fully saturated rings. The first-order chi connectivity index (χ1) is 19.1. The third-order valence-electron chi connectivity index (χ3n) is 7.34. The molecule has 0 radical (unpaired) electrons. The number of aromatic nitrogens is 1. The molecule has 1 N–H and O–H groups in total. The van der Waals surface area contributed by atoms with Crippen LogP contribution in [0.3, 0.4) is 0 Å². The normalized spacial score (nSPS) is 12.0. The molecule has 0 aliphatic rings. The van der Waals surface area contributed by atoms with Gasteiger partial charge in [0.1, 0.15) is 23.9 Å². The van der Waals surface area contributed by atoms with Gasteiger partial charge in [0.05, 0.1) is 31.4 Å². The maximum atomic E-state index is 9.77. The Bertz CT molecular complexity index is 1260. The topological polar surface area (TPSA) is 78.6 Å². The zero-order chi connectivity index (χ0) is 30.8. The number of ether oxygens (including phenoxy) is 2. The van der Waals surface area contributed by atoms with Crippen molar-refractivity contribution in [2.45, 2.75) is 64.8 Å². The van der Waals surface area contributed by atoms with Crippen LogP contribution in [0, 0.1) is 18.3 Å². The van der Waals surface area contributed by atoms with Gasteiger partial charge >= 0.3 is 0 Å². The van der Waals surface area contributed by atoms with Gasteiger partial charge in [-0.25, -0.2) is 15.0 Å². The molecule has 7 heteroatoms. The van der Waals surface area contributed by atoms with Crippen LogP contribution in [0.25, 0.3) is 0 Å². The molecule has 0 saturated heterocycles. The molecule has 0 atom stereocenters. The number of nitriles is 1. The Morgan fingerprint density at radius 3 is 1.88 bits per heavy atom. The maximum Gasteiger partial charge on any atom is 0.142 e. The molecule has 3 rings (SSSR count). The van der Waals surface area contributed by atoms with E-state index in [4.69, 9.17) is 9.47 Å². The van der Waals surface area contributed by atoms with E-state index in [0.717, 1.165) is 28.3 Å². The van der Waals surface area contributed by atoms with Crippen molar-refractivity contribution in [2.24, 2.45) is 0 Å². The van der Waals surface area contributed by atoms with Gasteiger partial charge < -0.3 is 19.5 Å². The molecule has 6 nitrogen and oxygen atoms in total. The lowest BCUT2D eigenvalue weighted by Gasteiger charge is -2.40. The van der Waals surface area contributed by atoms with Crippen molar-refractivity contribution in [3.05, 3.63) is 83.0 Å². The van der Waals surface area contributed by atoms with Gasteiger partial charge in [-0.2, -0.15) is 5.26 Å². The van der Waals surface area contributed by atoms with Gasteiger partial charge in [-0.15, -0.1) is 0 Å². The average Bonchev–Trinajstić information content (AvgIpc) is 2.92. The monoisotopic (exact) mass is 579 g/mol. The molecular weight excluding hydrogens is 530 g/mol. The number of methoxy groups -OCH3 is 1. The smallest absolute Gasteiger partial charge is 0.142 e. The van der Waals surface area contributed by atoms with Crippen LogP contribution in [0.15, 0.2) is 60.8 Å². The Balaban J connectivity index is 0.000000642. The molecule has 0 amide bonds. The fourth-order valence-electron chi connectivity index (χ4n) is 3.51. The lowest BCUT2D eigenvalue weighted by Crippen LogP contribution is -2.25. The van der Waals surface area contributed by atoms with Crippen LogP contribution in [-0.2, 0) is 18.5 Å². The molecule has 41 heavy (non-hydrogen) atoms. The van der Waals surface area contributed by atoms with Crippen molar-refractivity contribution in [3.8, 4) is 17.6 Å². The summed E-state index contributed by atoms with van der Waals surface area (Å²) in [5, 5.41) is 19.0. The third kappa shape index (κ3) is 10.3. The zero-order valence-corrected chi connectivity index (χ0v) is 27.4. The predicted molar refractivity (Wildman–Crippen MR) is 175 cm³/mol. The fraction of sp³-hybridized carbons (Fsp3) is 0.471. The van der Waals surface area contributed by atoms with Crippen LogP contribution < -0.4 is 14.4 Å². The summed E-state index contributed by atoms with van der Waals surface area (Å²) in [5.74, 6) is 2.07. The number of hydrogen-bond donors (Lipinski definition) is 1. The molecule has 0 bridgehead atoms. The number of nitrogens with zero attached hydrogens (tertiary/aromatic N) is 3. The highest BCUT2D eigenvalue weighted by atomic mass is 32.3. The molecule has 3 aromatic rings. The van der Waals surface area contributed by atoms with Gasteiger partial charge in [0, 0.05) is 18.7 Å². The van der Waals surface area contributed by atoms with E-state index in [1.54, 1.807) is 13.3 Å². The van der Waals surface area contributed by atoms with Crippen molar-refractivity contribution < 1.29 is 14.6 Å². The lowest BCUT2D eigenvalue weighted by molar-refractivity contribution is 0.199. The van der Waals surface area contributed by atoms with Crippen LogP contribution in [0.1, 0.15) is 56.9 Å². The van der Waals surface area contributed by atoms with Crippen molar-refractivity contribution in [3.63, 3.8) is 0 Å². The summed E-state index contributed by atoms with van der Waals surface area (Å²) in [4.78, 5) is 6.85. The van der Waals surface area contributed by atoms with Gasteiger partial charge in [-0.05, 0) is 73.6 Å². The number of aryl methyl sites for hydroxylation is 1. The minimum Gasteiger partial charge on any atom is -0.497 e. The summed E-state index contributed by atoms with van der Waals surface area (Å²) >= 11 is 0. The predicted octanol–water partition coefficient (Wildman–Crippen LogP) is 7.26. The molecule has 0 unspecified atom stereocenters. The minimum absolute atomic E-state index is 0.106. The quantitative estimate of drug-likeness (QED) is 0.272. The van der Waals surface area contributed by atoms with Gasteiger partial charge in [0.2, 0.25) is 0 Å². The van der Waals surface area contributed by atoms with Crippen LogP contribution in [0.4, 0.5) is 5.82 Å². The Labute approximate surface area is 249 Å². The number of aliphatic hydroxyl groups is 1. The second-order valence-corrected chi connectivity index (χ2v) is 17.4. The number of hydrogen-bond acceptors (Lipinski definition) is 6. The van der Waals surface area contributed by atoms with E-state index in [2.05, 4.69) is 86.7 Å². The van der Waals surface area contributed by atoms with Crippen LogP contribution in [0.2, 0.25) is 0 Å². The first kappa shape index (κ1) is 34.0. The molecule has 1 heterocycles. The van der Waals surface area contributed by atoms with E-state index in [-0.39, 0.29) is 23.2 Å². The van der Waals surface area contributed by atoms with Crippen LogP contribution >= 0.6 is 10.0 Å². The SMILES string of the molecule is CC(C)(C)S(C)(C)C.COc1ccc(CN(Cc2ccc(C)cc2)c2cc(C(C)(C)C#N)c(OCCO)cn2)cc1. The minimum atomic E-state index is -0.780. The van der Waals surface area contributed by atoms with Crippen molar-refractivity contribution in [2.75, 3.05) is 44.0 Å². The lowest BCUT2D eigenvalue weighted by atomic mass is 9.86.